The number of nitrogens with one attached hydrogen (secondary N) is 2. The number of carbonyl (C=O) groups excluding carboxylic acids is 1. The van der Waals surface area contributed by atoms with Gasteiger partial charge < -0.3 is 20.1 Å². The molecule has 3 fully saturated rings. The summed E-state index contributed by atoms with van der Waals surface area (Å²) in [5, 5.41) is 6.48. The van der Waals surface area contributed by atoms with Crippen molar-refractivity contribution in [3.8, 4) is 5.75 Å². The Balaban J connectivity index is 1.43. The first-order valence-electron chi connectivity index (χ1n) is 9.21. The molecule has 0 spiro atoms. The zero-order valence-electron chi connectivity index (χ0n) is 15.0. The zero-order chi connectivity index (χ0) is 18.0. The van der Waals surface area contributed by atoms with Crippen LogP contribution in [-0.2, 0) is 10.3 Å². The minimum atomic E-state index is -0.216. The molecule has 5 rings (SSSR count). The lowest BCUT2D eigenvalue weighted by molar-refractivity contribution is -0.129. The van der Waals surface area contributed by atoms with E-state index < -0.39 is 0 Å². The van der Waals surface area contributed by atoms with E-state index in [0.29, 0.717) is 18.2 Å². The molecule has 26 heavy (non-hydrogen) atoms. The van der Waals surface area contributed by atoms with Crippen molar-refractivity contribution in [2.45, 2.75) is 31.4 Å². The minimum Gasteiger partial charge on any atom is -0.494 e. The second-order valence-electron chi connectivity index (χ2n) is 6.91. The highest BCUT2D eigenvalue weighted by Crippen LogP contribution is 2.38. The average Bonchev–Trinajstić information content (AvgIpc) is 2.71. The lowest BCUT2D eigenvalue weighted by Crippen LogP contribution is -2.57. The number of hydrogen-bond donors (Lipinski definition) is 2. The Kier molecular flexibility index (Phi) is 4.66. The van der Waals surface area contributed by atoms with Gasteiger partial charge in [-0.15, -0.1) is 0 Å². The molecule has 2 aromatic carbocycles. The van der Waals surface area contributed by atoms with E-state index in [0.717, 1.165) is 37.4 Å². The standard InChI is InChI=1S/C21H24N2O3/c1-2-25-19-9-3-15(4-10-19)20(24)23-17-7-5-16(6-8-17)21-12-11-18(13-26-21)22-14-21/h3-10,18,22H,2,11-14H2,1H3,(H,23,24)/t18-,21-/m0/s1. The van der Waals surface area contributed by atoms with Crippen LogP contribution >= 0.6 is 0 Å². The van der Waals surface area contributed by atoms with Crippen LogP contribution in [0, 0.1) is 0 Å². The number of carbonyl (C=O) groups is 1. The number of benzene rings is 2. The van der Waals surface area contributed by atoms with Gasteiger partial charge in [-0.2, -0.15) is 0 Å². The normalized spacial score (nSPS) is 24.3. The first kappa shape index (κ1) is 17.1. The van der Waals surface area contributed by atoms with E-state index >= 15 is 0 Å². The summed E-state index contributed by atoms with van der Waals surface area (Å²) < 4.78 is 11.5. The Bertz CT molecular complexity index is 749. The van der Waals surface area contributed by atoms with E-state index in [2.05, 4.69) is 22.8 Å². The predicted octanol–water partition coefficient (Wildman–Crippen LogP) is 3.32. The molecule has 2 N–H and O–H groups in total. The molecular weight excluding hydrogens is 328 g/mol. The summed E-state index contributed by atoms with van der Waals surface area (Å²) in [4.78, 5) is 12.4. The summed E-state index contributed by atoms with van der Waals surface area (Å²) in [6.45, 7) is 4.18. The van der Waals surface area contributed by atoms with E-state index in [1.807, 2.05) is 31.2 Å². The maximum Gasteiger partial charge on any atom is 0.255 e. The molecule has 2 aromatic rings. The van der Waals surface area contributed by atoms with Crippen molar-refractivity contribution >= 4 is 11.6 Å². The molecule has 0 aliphatic carbocycles. The van der Waals surface area contributed by atoms with Gasteiger partial charge in [0.1, 0.15) is 11.4 Å². The third-order valence-electron chi connectivity index (χ3n) is 5.23. The van der Waals surface area contributed by atoms with Crippen LogP contribution in [0.2, 0.25) is 0 Å². The van der Waals surface area contributed by atoms with Gasteiger partial charge in [0, 0.05) is 23.8 Å². The fraction of sp³-hybridized carbons (Fsp3) is 0.381. The highest BCUT2D eigenvalue weighted by Gasteiger charge is 2.42. The molecule has 3 heterocycles. The first-order valence-corrected chi connectivity index (χ1v) is 9.21. The van der Waals surface area contributed by atoms with Crippen molar-refractivity contribution in [2.24, 2.45) is 0 Å². The molecule has 3 saturated heterocycles. The molecular formula is C21H24N2O3. The smallest absolute Gasteiger partial charge is 0.255 e. The van der Waals surface area contributed by atoms with Crippen LogP contribution in [-0.4, -0.2) is 31.7 Å². The number of ether oxygens (including phenoxy) is 2. The van der Waals surface area contributed by atoms with E-state index in [1.54, 1.807) is 12.1 Å². The Morgan fingerprint density at radius 2 is 2.00 bits per heavy atom. The average molecular weight is 352 g/mol. The van der Waals surface area contributed by atoms with Crippen LogP contribution in [0.15, 0.2) is 48.5 Å². The largest absolute Gasteiger partial charge is 0.494 e. The monoisotopic (exact) mass is 352 g/mol. The SMILES string of the molecule is CCOc1ccc(C(=O)Nc2ccc([C@@]34CC[C@@H](CO3)NC4)cc2)cc1. The topological polar surface area (TPSA) is 59.6 Å². The number of fused-ring (bicyclic) bond motifs is 3. The lowest BCUT2D eigenvalue weighted by Gasteiger charge is -2.47. The molecule has 2 bridgehead atoms. The fourth-order valence-electron chi connectivity index (χ4n) is 3.69. The van der Waals surface area contributed by atoms with E-state index in [1.165, 1.54) is 5.56 Å². The molecule has 0 saturated carbocycles. The molecule has 0 unspecified atom stereocenters. The van der Waals surface area contributed by atoms with Crippen LogP contribution < -0.4 is 15.4 Å². The van der Waals surface area contributed by atoms with Crippen LogP contribution in [0.1, 0.15) is 35.7 Å². The van der Waals surface area contributed by atoms with Gasteiger partial charge in [0.2, 0.25) is 0 Å². The van der Waals surface area contributed by atoms with E-state index in [4.69, 9.17) is 9.47 Å². The summed E-state index contributed by atoms with van der Waals surface area (Å²) >= 11 is 0. The molecule has 5 nitrogen and oxygen atoms in total. The third kappa shape index (κ3) is 3.32. The Labute approximate surface area is 153 Å². The van der Waals surface area contributed by atoms with Gasteiger partial charge in [0.05, 0.1) is 13.2 Å². The molecule has 5 heteroatoms. The Hall–Kier alpha value is -2.37. The Morgan fingerprint density at radius 1 is 1.23 bits per heavy atom. The predicted molar refractivity (Wildman–Crippen MR) is 101 cm³/mol. The maximum atomic E-state index is 12.4. The number of rotatable bonds is 5. The van der Waals surface area contributed by atoms with Gasteiger partial charge >= 0.3 is 0 Å². The second kappa shape index (κ2) is 7.09. The number of anilines is 1. The number of amides is 1. The molecule has 0 aromatic heterocycles. The number of hydrogen-bond acceptors (Lipinski definition) is 4. The van der Waals surface area contributed by atoms with E-state index in [-0.39, 0.29) is 11.5 Å². The third-order valence-corrected chi connectivity index (χ3v) is 5.23. The number of morpholine rings is 1. The van der Waals surface area contributed by atoms with Gasteiger partial charge in [-0.05, 0) is 61.7 Å². The zero-order valence-corrected chi connectivity index (χ0v) is 15.0. The maximum absolute atomic E-state index is 12.4. The summed E-state index contributed by atoms with van der Waals surface area (Å²) in [5.74, 6) is 0.638. The van der Waals surface area contributed by atoms with Crippen LogP contribution in [0.4, 0.5) is 5.69 Å². The Morgan fingerprint density at radius 3 is 2.58 bits per heavy atom. The van der Waals surface area contributed by atoms with Crippen molar-refractivity contribution in [1.82, 2.24) is 5.32 Å². The van der Waals surface area contributed by atoms with Crippen molar-refractivity contribution in [3.63, 3.8) is 0 Å². The molecule has 0 radical (unpaired) electrons. The van der Waals surface area contributed by atoms with Gasteiger partial charge in [-0.1, -0.05) is 12.1 Å². The quantitative estimate of drug-likeness (QED) is 0.867. The molecule has 2 atom stereocenters. The van der Waals surface area contributed by atoms with E-state index in [9.17, 15) is 4.79 Å². The number of piperidine rings is 1. The molecule has 3 aliphatic rings. The van der Waals surface area contributed by atoms with Crippen LogP contribution in [0.25, 0.3) is 0 Å². The lowest BCUT2D eigenvalue weighted by atomic mass is 9.81. The molecule has 3 aliphatic heterocycles. The van der Waals surface area contributed by atoms with Gasteiger partial charge in [0.15, 0.2) is 0 Å². The van der Waals surface area contributed by atoms with Crippen LogP contribution in [0.3, 0.4) is 0 Å². The molecule has 136 valence electrons. The minimum absolute atomic E-state index is 0.130. The van der Waals surface area contributed by atoms with Crippen molar-refractivity contribution < 1.29 is 14.3 Å². The highest BCUT2D eigenvalue weighted by atomic mass is 16.5. The van der Waals surface area contributed by atoms with Crippen molar-refractivity contribution in [1.29, 1.82) is 0 Å². The molecule has 1 amide bonds. The van der Waals surface area contributed by atoms with Crippen molar-refractivity contribution in [2.75, 3.05) is 25.1 Å². The van der Waals surface area contributed by atoms with Crippen LogP contribution in [0.5, 0.6) is 5.75 Å². The van der Waals surface area contributed by atoms with Gasteiger partial charge in [0.25, 0.3) is 5.91 Å². The second-order valence-corrected chi connectivity index (χ2v) is 6.91. The fourth-order valence-corrected chi connectivity index (χ4v) is 3.69. The summed E-state index contributed by atoms with van der Waals surface area (Å²) in [6, 6.07) is 15.7. The first-order chi connectivity index (χ1) is 12.7. The van der Waals surface area contributed by atoms with Crippen molar-refractivity contribution in [3.05, 3.63) is 59.7 Å². The summed E-state index contributed by atoms with van der Waals surface area (Å²) in [7, 11) is 0. The summed E-state index contributed by atoms with van der Waals surface area (Å²) in [5.41, 5.74) is 2.34. The van der Waals surface area contributed by atoms with Gasteiger partial charge in [-0.25, -0.2) is 0 Å². The highest BCUT2D eigenvalue weighted by molar-refractivity contribution is 6.04. The van der Waals surface area contributed by atoms with Gasteiger partial charge in [-0.3, -0.25) is 4.79 Å². The summed E-state index contributed by atoms with van der Waals surface area (Å²) in [6.07, 6.45) is 2.19.